The minimum Gasteiger partial charge on any atom is -0.497 e. The van der Waals surface area contributed by atoms with Crippen LogP contribution in [0, 0.1) is 0 Å². The topological polar surface area (TPSA) is 89.6 Å². The van der Waals surface area contributed by atoms with E-state index in [4.69, 9.17) is 9.47 Å². The second-order valence-corrected chi connectivity index (χ2v) is 7.05. The van der Waals surface area contributed by atoms with E-state index in [2.05, 4.69) is 15.6 Å². The van der Waals surface area contributed by atoms with Crippen LogP contribution in [0.4, 0.5) is 0 Å². The predicted molar refractivity (Wildman–Crippen MR) is 109 cm³/mol. The van der Waals surface area contributed by atoms with Crippen molar-refractivity contribution < 1.29 is 19.1 Å². The minimum atomic E-state index is -0.289. The van der Waals surface area contributed by atoms with Gasteiger partial charge >= 0.3 is 0 Å². The number of hydrogen-bond donors (Lipinski definition) is 2. The summed E-state index contributed by atoms with van der Waals surface area (Å²) in [6.45, 7) is 0.663. The largest absolute Gasteiger partial charge is 0.497 e. The molecule has 0 unspecified atom stereocenters. The summed E-state index contributed by atoms with van der Waals surface area (Å²) in [6.07, 6.45) is 8.47. The van der Waals surface area contributed by atoms with Gasteiger partial charge in [0.25, 0.3) is 11.8 Å². The fourth-order valence-corrected chi connectivity index (χ4v) is 3.31. The van der Waals surface area contributed by atoms with Crippen LogP contribution in [-0.2, 0) is 0 Å². The van der Waals surface area contributed by atoms with Gasteiger partial charge in [-0.1, -0.05) is 19.3 Å². The minimum absolute atomic E-state index is 0.179. The quantitative estimate of drug-likeness (QED) is 0.669. The van der Waals surface area contributed by atoms with Gasteiger partial charge in [-0.15, -0.1) is 0 Å². The van der Waals surface area contributed by atoms with Crippen LogP contribution in [0.1, 0.15) is 52.8 Å². The Morgan fingerprint density at radius 3 is 2.34 bits per heavy atom. The van der Waals surface area contributed by atoms with E-state index in [0.717, 1.165) is 31.4 Å². The molecule has 1 aromatic heterocycles. The highest BCUT2D eigenvalue weighted by molar-refractivity contribution is 5.99. The van der Waals surface area contributed by atoms with Gasteiger partial charge in [0.2, 0.25) is 0 Å². The molecule has 7 heteroatoms. The zero-order valence-corrected chi connectivity index (χ0v) is 16.6. The lowest BCUT2D eigenvalue weighted by molar-refractivity contribution is 0.0927. The van der Waals surface area contributed by atoms with Crippen LogP contribution in [0.25, 0.3) is 0 Å². The van der Waals surface area contributed by atoms with E-state index in [9.17, 15) is 9.59 Å². The van der Waals surface area contributed by atoms with E-state index in [1.807, 2.05) is 12.1 Å². The molecule has 29 heavy (non-hydrogen) atoms. The number of methoxy groups -OCH3 is 1. The number of pyridine rings is 1. The Kier molecular flexibility index (Phi) is 7.44. The molecule has 2 N–H and O–H groups in total. The third-order valence-electron chi connectivity index (χ3n) is 4.92. The molecule has 1 aliphatic rings. The van der Waals surface area contributed by atoms with Gasteiger partial charge in [0, 0.05) is 18.4 Å². The smallest absolute Gasteiger partial charge is 0.253 e. The van der Waals surface area contributed by atoms with Crippen molar-refractivity contribution in [3.8, 4) is 11.5 Å². The molecule has 0 bridgehead atoms. The van der Waals surface area contributed by atoms with Crippen LogP contribution >= 0.6 is 0 Å². The highest BCUT2D eigenvalue weighted by Gasteiger charge is 2.17. The zero-order valence-electron chi connectivity index (χ0n) is 16.6. The van der Waals surface area contributed by atoms with Gasteiger partial charge in [0.15, 0.2) is 0 Å². The van der Waals surface area contributed by atoms with Gasteiger partial charge in [-0.2, -0.15) is 0 Å². The molecule has 0 spiro atoms. The molecular formula is C22H27N3O4. The molecule has 0 atom stereocenters. The Hall–Kier alpha value is -3.09. The number of nitrogens with one attached hydrogen (secondary N) is 2. The van der Waals surface area contributed by atoms with Crippen LogP contribution in [0.2, 0.25) is 0 Å². The Morgan fingerprint density at radius 2 is 1.66 bits per heavy atom. The number of benzene rings is 1. The van der Waals surface area contributed by atoms with Crippen molar-refractivity contribution >= 4 is 11.8 Å². The predicted octanol–water partition coefficient (Wildman–Crippen LogP) is 2.96. The maximum Gasteiger partial charge on any atom is 0.253 e. The van der Waals surface area contributed by atoms with Crippen molar-refractivity contribution in [2.24, 2.45) is 0 Å². The summed E-state index contributed by atoms with van der Waals surface area (Å²) >= 11 is 0. The second-order valence-electron chi connectivity index (χ2n) is 7.05. The van der Waals surface area contributed by atoms with Crippen molar-refractivity contribution in [3.05, 3.63) is 53.9 Å². The Balaban J connectivity index is 1.46. The van der Waals surface area contributed by atoms with E-state index in [0.29, 0.717) is 30.0 Å². The number of hydrogen-bond acceptors (Lipinski definition) is 5. The number of nitrogens with zero attached hydrogens (tertiary/aromatic N) is 1. The Labute approximate surface area is 170 Å². The molecule has 0 saturated heterocycles. The van der Waals surface area contributed by atoms with Crippen molar-refractivity contribution in [3.63, 3.8) is 0 Å². The number of rotatable bonds is 8. The zero-order chi connectivity index (χ0) is 20.5. The molecule has 1 heterocycles. The number of amides is 2. The van der Waals surface area contributed by atoms with Crippen molar-refractivity contribution in [1.29, 1.82) is 0 Å². The average molecular weight is 397 g/mol. The van der Waals surface area contributed by atoms with E-state index in [-0.39, 0.29) is 17.9 Å². The van der Waals surface area contributed by atoms with E-state index in [1.54, 1.807) is 25.3 Å². The Bertz CT molecular complexity index is 817. The van der Waals surface area contributed by atoms with E-state index < -0.39 is 0 Å². The molecular weight excluding hydrogens is 370 g/mol. The van der Waals surface area contributed by atoms with E-state index >= 15 is 0 Å². The van der Waals surface area contributed by atoms with Crippen LogP contribution in [-0.4, -0.2) is 43.1 Å². The lowest BCUT2D eigenvalue weighted by Gasteiger charge is -2.22. The SMILES string of the molecule is COc1ccc(OCCNC(=O)c2cncc(C(=O)NC3CCCCC3)c2)cc1. The van der Waals surface area contributed by atoms with Crippen LogP contribution in [0.3, 0.4) is 0 Å². The second kappa shape index (κ2) is 10.5. The molecule has 2 aromatic rings. The van der Waals surface area contributed by atoms with Gasteiger partial charge in [-0.05, 0) is 43.2 Å². The summed E-state index contributed by atoms with van der Waals surface area (Å²) in [5.41, 5.74) is 0.753. The first-order chi connectivity index (χ1) is 14.2. The van der Waals surface area contributed by atoms with Crippen LogP contribution in [0.15, 0.2) is 42.7 Å². The molecule has 3 rings (SSSR count). The standard InChI is InChI=1S/C22H27N3O4/c1-28-19-7-9-20(10-8-19)29-12-11-24-21(26)16-13-17(15-23-14-16)22(27)25-18-5-3-2-4-6-18/h7-10,13-15,18H,2-6,11-12H2,1H3,(H,24,26)(H,25,27). The summed E-state index contributed by atoms with van der Waals surface area (Å²) in [7, 11) is 1.61. The summed E-state index contributed by atoms with van der Waals surface area (Å²) in [4.78, 5) is 28.8. The fraction of sp³-hybridized carbons (Fsp3) is 0.409. The van der Waals surface area contributed by atoms with Gasteiger partial charge < -0.3 is 20.1 Å². The maximum atomic E-state index is 12.4. The number of carbonyl (C=O) groups excluding carboxylic acids is 2. The summed E-state index contributed by atoms with van der Waals surface area (Å²) < 4.78 is 10.7. The molecule has 0 radical (unpaired) electrons. The normalized spacial score (nSPS) is 14.1. The van der Waals surface area contributed by atoms with E-state index in [1.165, 1.54) is 18.8 Å². The Morgan fingerprint density at radius 1 is 1.00 bits per heavy atom. The molecule has 1 fully saturated rings. The van der Waals surface area contributed by atoms with Crippen LogP contribution < -0.4 is 20.1 Å². The van der Waals surface area contributed by atoms with Crippen molar-refractivity contribution in [2.45, 2.75) is 38.1 Å². The lowest BCUT2D eigenvalue weighted by Crippen LogP contribution is -2.36. The molecule has 1 aromatic carbocycles. The number of aromatic nitrogens is 1. The number of ether oxygens (including phenoxy) is 2. The highest BCUT2D eigenvalue weighted by atomic mass is 16.5. The van der Waals surface area contributed by atoms with Crippen molar-refractivity contribution in [2.75, 3.05) is 20.3 Å². The maximum absolute atomic E-state index is 12.4. The summed E-state index contributed by atoms with van der Waals surface area (Å²) in [6, 6.07) is 9.01. The summed E-state index contributed by atoms with van der Waals surface area (Å²) in [5.74, 6) is 0.985. The van der Waals surface area contributed by atoms with Gasteiger partial charge in [0.1, 0.15) is 18.1 Å². The molecule has 2 amide bonds. The fourth-order valence-electron chi connectivity index (χ4n) is 3.31. The first kappa shape index (κ1) is 20.6. The molecule has 7 nitrogen and oxygen atoms in total. The molecule has 1 saturated carbocycles. The lowest BCUT2D eigenvalue weighted by atomic mass is 9.95. The number of carbonyl (C=O) groups is 2. The third-order valence-corrected chi connectivity index (χ3v) is 4.92. The monoisotopic (exact) mass is 397 g/mol. The van der Waals surface area contributed by atoms with Gasteiger partial charge in [0.05, 0.1) is 24.8 Å². The van der Waals surface area contributed by atoms with Crippen LogP contribution in [0.5, 0.6) is 11.5 Å². The molecule has 1 aliphatic carbocycles. The van der Waals surface area contributed by atoms with Gasteiger partial charge in [-0.3, -0.25) is 14.6 Å². The molecule has 154 valence electrons. The van der Waals surface area contributed by atoms with Gasteiger partial charge in [-0.25, -0.2) is 0 Å². The highest BCUT2D eigenvalue weighted by Crippen LogP contribution is 2.18. The summed E-state index contributed by atoms with van der Waals surface area (Å²) in [5, 5.41) is 5.82. The third kappa shape index (κ3) is 6.20. The van der Waals surface area contributed by atoms with Crippen molar-refractivity contribution in [1.82, 2.24) is 15.6 Å². The first-order valence-electron chi connectivity index (χ1n) is 9.96. The molecule has 0 aliphatic heterocycles. The average Bonchev–Trinajstić information content (AvgIpc) is 2.77. The first-order valence-corrected chi connectivity index (χ1v) is 9.96.